The lowest BCUT2D eigenvalue weighted by Gasteiger charge is -2.09. The van der Waals surface area contributed by atoms with Gasteiger partial charge in [-0.15, -0.1) is 5.10 Å². The van der Waals surface area contributed by atoms with E-state index in [1.54, 1.807) is 7.11 Å². The van der Waals surface area contributed by atoms with Crippen LogP contribution in [0, 0.1) is 0 Å². The third-order valence-electron chi connectivity index (χ3n) is 3.57. The molecule has 0 bridgehead atoms. The maximum absolute atomic E-state index is 5.81. The maximum Gasteiger partial charge on any atom is 0.119 e. The van der Waals surface area contributed by atoms with E-state index in [2.05, 4.69) is 22.4 Å². The molecule has 2 N–H and O–H groups in total. The Bertz CT molecular complexity index is 735. The van der Waals surface area contributed by atoms with Crippen LogP contribution in [0.2, 0.25) is 0 Å². The number of rotatable bonds is 5. The molecule has 0 aliphatic rings. The summed E-state index contributed by atoms with van der Waals surface area (Å²) < 4.78 is 7.03. The number of benzene rings is 2. The van der Waals surface area contributed by atoms with Crippen LogP contribution in [0.1, 0.15) is 17.0 Å². The first-order chi connectivity index (χ1) is 10.8. The Kier molecular flexibility index (Phi) is 4.16. The molecule has 5 heteroatoms. The lowest BCUT2D eigenvalue weighted by atomic mass is 10.1. The van der Waals surface area contributed by atoms with Crippen molar-refractivity contribution in [3.05, 3.63) is 71.5 Å². The molecule has 0 saturated heterocycles. The van der Waals surface area contributed by atoms with Crippen molar-refractivity contribution >= 4 is 0 Å². The van der Waals surface area contributed by atoms with E-state index in [0.29, 0.717) is 6.54 Å². The highest BCUT2D eigenvalue weighted by atomic mass is 16.5. The molecule has 2 aromatic carbocycles. The molecule has 0 aliphatic carbocycles. The SMILES string of the molecule is COc1ccc(-n2nnc(CN)c2Cc2ccccc2)cc1. The van der Waals surface area contributed by atoms with Crippen LogP contribution < -0.4 is 10.5 Å². The van der Waals surface area contributed by atoms with Gasteiger partial charge in [-0.25, -0.2) is 4.68 Å². The Morgan fingerprint density at radius 1 is 1.05 bits per heavy atom. The van der Waals surface area contributed by atoms with E-state index in [1.165, 1.54) is 5.56 Å². The number of hydrogen-bond donors (Lipinski definition) is 1. The molecule has 0 spiro atoms. The third kappa shape index (κ3) is 2.84. The van der Waals surface area contributed by atoms with Crippen molar-refractivity contribution in [1.29, 1.82) is 0 Å². The molecule has 1 aromatic heterocycles. The fourth-order valence-corrected chi connectivity index (χ4v) is 2.39. The summed E-state index contributed by atoms with van der Waals surface area (Å²) >= 11 is 0. The smallest absolute Gasteiger partial charge is 0.119 e. The minimum absolute atomic E-state index is 0.373. The second kappa shape index (κ2) is 6.41. The Labute approximate surface area is 129 Å². The van der Waals surface area contributed by atoms with Crippen LogP contribution in [0.15, 0.2) is 54.6 Å². The highest BCUT2D eigenvalue weighted by Gasteiger charge is 2.13. The van der Waals surface area contributed by atoms with Crippen molar-refractivity contribution in [2.75, 3.05) is 7.11 Å². The number of nitrogens with zero attached hydrogens (tertiary/aromatic N) is 3. The Morgan fingerprint density at radius 2 is 1.77 bits per heavy atom. The van der Waals surface area contributed by atoms with Gasteiger partial charge in [-0.05, 0) is 29.8 Å². The van der Waals surface area contributed by atoms with E-state index in [1.807, 2.05) is 47.1 Å². The lowest BCUT2D eigenvalue weighted by molar-refractivity contribution is 0.414. The molecule has 0 fully saturated rings. The molecule has 3 rings (SSSR count). The summed E-state index contributed by atoms with van der Waals surface area (Å²) in [5.41, 5.74) is 9.78. The summed E-state index contributed by atoms with van der Waals surface area (Å²) in [7, 11) is 1.65. The van der Waals surface area contributed by atoms with Crippen LogP contribution in [0.4, 0.5) is 0 Å². The Balaban J connectivity index is 1.99. The zero-order chi connectivity index (χ0) is 15.4. The normalized spacial score (nSPS) is 10.6. The molecule has 3 aromatic rings. The second-order valence-electron chi connectivity index (χ2n) is 4.96. The molecule has 0 saturated carbocycles. The summed E-state index contributed by atoms with van der Waals surface area (Å²) in [6.45, 7) is 0.373. The molecule has 5 nitrogen and oxygen atoms in total. The molecular formula is C17H18N4O. The van der Waals surface area contributed by atoms with Gasteiger partial charge >= 0.3 is 0 Å². The quantitative estimate of drug-likeness (QED) is 0.784. The standard InChI is InChI=1S/C17H18N4O/c1-22-15-9-7-14(8-10-15)21-17(16(12-18)19-20-21)11-13-5-3-2-4-6-13/h2-10H,11-12,18H2,1H3. The van der Waals surface area contributed by atoms with Crippen molar-refractivity contribution in [2.45, 2.75) is 13.0 Å². The largest absolute Gasteiger partial charge is 0.497 e. The Morgan fingerprint density at radius 3 is 2.41 bits per heavy atom. The van der Waals surface area contributed by atoms with E-state index < -0.39 is 0 Å². The van der Waals surface area contributed by atoms with Gasteiger partial charge in [0.2, 0.25) is 0 Å². The number of nitrogens with two attached hydrogens (primary N) is 1. The van der Waals surface area contributed by atoms with Gasteiger partial charge in [0, 0.05) is 13.0 Å². The predicted molar refractivity (Wildman–Crippen MR) is 85.1 cm³/mol. The molecular weight excluding hydrogens is 276 g/mol. The van der Waals surface area contributed by atoms with Gasteiger partial charge < -0.3 is 10.5 Å². The van der Waals surface area contributed by atoms with E-state index >= 15 is 0 Å². The van der Waals surface area contributed by atoms with Gasteiger partial charge in [-0.2, -0.15) is 0 Å². The van der Waals surface area contributed by atoms with Crippen LogP contribution in [0.25, 0.3) is 5.69 Å². The predicted octanol–water partition coefficient (Wildman–Crippen LogP) is 2.33. The van der Waals surface area contributed by atoms with Crippen molar-refractivity contribution in [3.8, 4) is 11.4 Å². The lowest BCUT2D eigenvalue weighted by Crippen LogP contribution is -2.07. The minimum atomic E-state index is 0.373. The second-order valence-corrected chi connectivity index (χ2v) is 4.96. The van der Waals surface area contributed by atoms with Crippen LogP contribution in [0.5, 0.6) is 5.75 Å². The molecule has 22 heavy (non-hydrogen) atoms. The van der Waals surface area contributed by atoms with Crippen LogP contribution >= 0.6 is 0 Å². The molecule has 0 unspecified atom stereocenters. The average molecular weight is 294 g/mol. The van der Waals surface area contributed by atoms with Gasteiger partial charge in [-0.1, -0.05) is 35.5 Å². The maximum atomic E-state index is 5.81. The van der Waals surface area contributed by atoms with Gasteiger partial charge in [0.15, 0.2) is 0 Å². The minimum Gasteiger partial charge on any atom is -0.497 e. The fourth-order valence-electron chi connectivity index (χ4n) is 2.39. The molecule has 112 valence electrons. The molecule has 0 aliphatic heterocycles. The third-order valence-corrected chi connectivity index (χ3v) is 3.57. The molecule has 1 heterocycles. The molecule has 0 radical (unpaired) electrons. The fraction of sp³-hybridized carbons (Fsp3) is 0.176. The summed E-state index contributed by atoms with van der Waals surface area (Å²) in [6.07, 6.45) is 0.742. The highest BCUT2D eigenvalue weighted by molar-refractivity contribution is 5.39. The number of aromatic nitrogens is 3. The van der Waals surface area contributed by atoms with Crippen LogP contribution in [0.3, 0.4) is 0 Å². The van der Waals surface area contributed by atoms with E-state index in [0.717, 1.165) is 29.2 Å². The molecule has 0 atom stereocenters. The zero-order valence-corrected chi connectivity index (χ0v) is 12.4. The summed E-state index contributed by atoms with van der Waals surface area (Å²) in [4.78, 5) is 0. The van der Waals surface area contributed by atoms with Crippen molar-refractivity contribution in [3.63, 3.8) is 0 Å². The average Bonchev–Trinajstić information content (AvgIpc) is 2.98. The topological polar surface area (TPSA) is 66.0 Å². The number of hydrogen-bond acceptors (Lipinski definition) is 4. The van der Waals surface area contributed by atoms with Crippen LogP contribution in [-0.4, -0.2) is 22.1 Å². The van der Waals surface area contributed by atoms with Gasteiger partial charge in [0.05, 0.1) is 18.5 Å². The monoisotopic (exact) mass is 294 g/mol. The Hall–Kier alpha value is -2.66. The summed E-state index contributed by atoms with van der Waals surface area (Å²) in [6, 6.07) is 18.0. The highest BCUT2D eigenvalue weighted by Crippen LogP contribution is 2.19. The number of methoxy groups -OCH3 is 1. The molecule has 0 amide bonds. The number of ether oxygens (including phenoxy) is 1. The van der Waals surface area contributed by atoms with Crippen molar-refractivity contribution in [1.82, 2.24) is 15.0 Å². The summed E-state index contributed by atoms with van der Waals surface area (Å²) in [5, 5.41) is 8.46. The van der Waals surface area contributed by atoms with Crippen LogP contribution in [-0.2, 0) is 13.0 Å². The first-order valence-corrected chi connectivity index (χ1v) is 7.13. The van der Waals surface area contributed by atoms with E-state index in [4.69, 9.17) is 10.5 Å². The van der Waals surface area contributed by atoms with Crippen molar-refractivity contribution in [2.24, 2.45) is 5.73 Å². The summed E-state index contributed by atoms with van der Waals surface area (Å²) in [5.74, 6) is 0.813. The zero-order valence-electron chi connectivity index (χ0n) is 12.4. The first kappa shape index (κ1) is 14.3. The van der Waals surface area contributed by atoms with Gasteiger partial charge in [-0.3, -0.25) is 0 Å². The van der Waals surface area contributed by atoms with E-state index in [-0.39, 0.29) is 0 Å². The van der Waals surface area contributed by atoms with Gasteiger partial charge in [0.25, 0.3) is 0 Å². The first-order valence-electron chi connectivity index (χ1n) is 7.13. The van der Waals surface area contributed by atoms with E-state index in [9.17, 15) is 0 Å². The van der Waals surface area contributed by atoms with Gasteiger partial charge in [0.1, 0.15) is 11.4 Å². The van der Waals surface area contributed by atoms with Crippen molar-refractivity contribution < 1.29 is 4.74 Å².